The number of nitrogens with one attached hydrogen (secondary N) is 2. The van der Waals surface area contributed by atoms with Crippen LogP contribution in [0.1, 0.15) is 47.8 Å². The number of hydrogen-bond acceptors (Lipinski definition) is 2. The topological polar surface area (TPSA) is 63.1 Å². The van der Waals surface area contributed by atoms with Crippen LogP contribution in [-0.4, -0.2) is 16.4 Å². The average molecular weight is 426 g/mol. The number of nitrogens with zero attached hydrogens (tertiary/aromatic N) is 1. The predicted molar refractivity (Wildman–Crippen MR) is 129 cm³/mol. The second kappa shape index (κ2) is 9.52. The predicted octanol–water partition coefficient (Wildman–Crippen LogP) is 5.53. The van der Waals surface area contributed by atoms with Gasteiger partial charge < -0.3 is 15.2 Å². The summed E-state index contributed by atoms with van der Waals surface area (Å²) in [6.07, 6.45) is 2.37. The molecule has 32 heavy (non-hydrogen) atoms. The van der Waals surface area contributed by atoms with Crippen LogP contribution in [0.25, 0.3) is 10.9 Å². The van der Waals surface area contributed by atoms with E-state index in [1.54, 1.807) is 0 Å². The first-order valence-corrected chi connectivity index (χ1v) is 10.9. The summed E-state index contributed by atoms with van der Waals surface area (Å²) in [5.74, 6) is -0.130. The molecular formula is C27H27N3O2. The number of carbonyl (C=O) groups excluding carboxylic acids is 2. The first kappa shape index (κ1) is 21.4. The van der Waals surface area contributed by atoms with Crippen molar-refractivity contribution >= 4 is 28.4 Å². The van der Waals surface area contributed by atoms with Crippen LogP contribution in [-0.2, 0) is 11.3 Å². The molecule has 0 aliphatic heterocycles. The molecule has 1 atom stereocenters. The molecule has 2 N–H and O–H groups in total. The molecule has 0 aliphatic carbocycles. The van der Waals surface area contributed by atoms with Crippen molar-refractivity contribution in [1.29, 1.82) is 0 Å². The highest BCUT2D eigenvalue weighted by molar-refractivity contribution is 6.07. The van der Waals surface area contributed by atoms with Gasteiger partial charge in [-0.15, -0.1) is 0 Å². The van der Waals surface area contributed by atoms with Gasteiger partial charge in [0.25, 0.3) is 5.91 Å². The Bertz CT molecular complexity index is 1230. The Kier molecular flexibility index (Phi) is 6.36. The summed E-state index contributed by atoms with van der Waals surface area (Å²) in [5.41, 5.74) is 4.60. The van der Waals surface area contributed by atoms with E-state index in [0.717, 1.165) is 22.2 Å². The Hall–Kier alpha value is -3.86. The molecule has 1 heterocycles. The van der Waals surface area contributed by atoms with Crippen molar-refractivity contribution in [2.75, 3.05) is 5.32 Å². The minimum absolute atomic E-state index is 0.0222. The minimum Gasteiger partial charge on any atom is -0.345 e. The quantitative estimate of drug-likeness (QED) is 0.409. The van der Waals surface area contributed by atoms with E-state index in [2.05, 4.69) is 27.3 Å². The van der Waals surface area contributed by atoms with Gasteiger partial charge in [0.1, 0.15) is 0 Å². The van der Waals surface area contributed by atoms with Crippen LogP contribution in [0.4, 0.5) is 5.69 Å². The lowest BCUT2D eigenvalue weighted by Crippen LogP contribution is -2.26. The average Bonchev–Trinajstić information content (AvgIpc) is 3.18. The van der Waals surface area contributed by atoms with Gasteiger partial charge >= 0.3 is 0 Å². The number of fused-ring (bicyclic) bond motifs is 1. The largest absolute Gasteiger partial charge is 0.345 e. The number of para-hydroxylation sites is 1. The number of hydrogen-bond donors (Lipinski definition) is 2. The Labute approximate surface area is 188 Å². The molecule has 1 unspecified atom stereocenters. The first-order chi connectivity index (χ1) is 15.5. The van der Waals surface area contributed by atoms with Crippen LogP contribution >= 0.6 is 0 Å². The fourth-order valence-corrected chi connectivity index (χ4v) is 3.80. The molecule has 0 fully saturated rings. The molecule has 0 spiro atoms. The maximum atomic E-state index is 13.2. The number of carbonyl (C=O) groups is 2. The monoisotopic (exact) mass is 425 g/mol. The van der Waals surface area contributed by atoms with E-state index < -0.39 is 0 Å². The van der Waals surface area contributed by atoms with E-state index in [1.807, 2.05) is 86.8 Å². The highest BCUT2D eigenvalue weighted by atomic mass is 16.2. The molecule has 0 bridgehead atoms. The normalized spacial score (nSPS) is 11.8. The number of rotatable bonds is 7. The molecule has 4 aromatic rings. The number of amides is 2. The van der Waals surface area contributed by atoms with E-state index in [0.29, 0.717) is 18.5 Å². The summed E-state index contributed by atoms with van der Waals surface area (Å²) in [7, 11) is 0. The molecule has 162 valence electrons. The van der Waals surface area contributed by atoms with Crippen LogP contribution in [0, 0.1) is 0 Å². The van der Waals surface area contributed by atoms with E-state index in [9.17, 15) is 9.59 Å². The lowest BCUT2D eigenvalue weighted by atomic mass is 10.1. The molecule has 5 nitrogen and oxygen atoms in total. The molecule has 4 rings (SSSR count). The van der Waals surface area contributed by atoms with Gasteiger partial charge in [-0.1, -0.05) is 67.6 Å². The van der Waals surface area contributed by atoms with Crippen molar-refractivity contribution < 1.29 is 9.59 Å². The molecular weight excluding hydrogens is 398 g/mol. The lowest BCUT2D eigenvalue weighted by Gasteiger charge is -2.15. The SMILES string of the molecule is CCC(=O)Nc1ccc(C(C)NC(=O)c2cn(Cc3ccccc3)c3ccccc23)cc1. The zero-order valence-electron chi connectivity index (χ0n) is 18.3. The third kappa shape index (κ3) is 4.72. The van der Waals surface area contributed by atoms with E-state index in [4.69, 9.17) is 0 Å². The van der Waals surface area contributed by atoms with Crippen molar-refractivity contribution in [1.82, 2.24) is 9.88 Å². The van der Waals surface area contributed by atoms with Gasteiger partial charge in [0.15, 0.2) is 0 Å². The van der Waals surface area contributed by atoms with Crippen LogP contribution in [0.5, 0.6) is 0 Å². The molecule has 5 heteroatoms. The van der Waals surface area contributed by atoms with Gasteiger partial charge in [-0.2, -0.15) is 0 Å². The van der Waals surface area contributed by atoms with Gasteiger partial charge in [-0.3, -0.25) is 9.59 Å². The van der Waals surface area contributed by atoms with Crippen molar-refractivity contribution in [2.24, 2.45) is 0 Å². The van der Waals surface area contributed by atoms with Crippen molar-refractivity contribution in [3.63, 3.8) is 0 Å². The lowest BCUT2D eigenvalue weighted by molar-refractivity contribution is -0.115. The van der Waals surface area contributed by atoms with Crippen LogP contribution in [0.3, 0.4) is 0 Å². The maximum Gasteiger partial charge on any atom is 0.253 e. The highest BCUT2D eigenvalue weighted by Crippen LogP contribution is 2.24. The van der Waals surface area contributed by atoms with E-state index in [1.165, 1.54) is 5.56 Å². The smallest absolute Gasteiger partial charge is 0.253 e. The van der Waals surface area contributed by atoms with Crippen LogP contribution < -0.4 is 10.6 Å². The van der Waals surface area contributed by atoms with Crippen molar-refractivity contribution in [2.45, 2.75) is 32.9 Å². The zero-order chi connectivity index (χ0) is 22.5. The maximum absolute atomic E-state index is 13.2. The Morgan fingerprint density at radius 1 is 0.906 bits per heavy atom. The first-order valence-electron chi connectivity index (χ1n) is 10.9. The van der Waals surface area contributed by atoms with Gasteiger partial charge in [0.05, 0.1) is 11.6 Å². The molecule has 2 amide bonds. The van der Waals surface area contributed by atoms with E-state index >= 15 is 0 Å². The Balaban J connectivity index is 1.53. The van der Waals surface area contributed by atoms with Gasteiger partial charge in [0.2, 0.25) is 5.91 Å². The number of anilines is 1. The highest BCUT2D eigenvalue weighted by Gasteiger charge is 2.17. The zero-order valence-corrected chi connectivity index (χ0v) is 18.3. The summed E-state index contributed by atoms with van der Waals surface area (Å²) < 4.78 is 2.12. The van der Waals surface area contributed by atoms with Gasteiger partial charge in [-0.25, -0.2) is 0 Å². The van der Waals surface area contributed by atoms with Crippen molar-refractivity contribution in [3.05, 3.63) is 102 Å². The minimum atomic E-state index is -0.172. The third-order valence-electron chi connectivity index (χ3n) is 5.59. The fraction of sp³-hybridized carbons (Fsp3) is 0.185. The fourth-order valence-electron chi connectivity index (χ4n) is 3.80. The third-order valence-corrected chi connectivity index (χ3v) is 5.59. The van der Waals surface area contributed by atoms with Gasteiger partial charge in [0, 0.05) is 35.8 Å². The molecule has 1 aromatic heterocycles. The molecule has 0 aliphatic rings. The number of aromatic nitrogens is 1. The summed E-state index contributed by atoms with van der Waals surface area (Å²) >= 11 is 0. The van der Waals surface area contributed by atoms with Gasteiger partial charge in [-0.05, 0) is 36.2 Å². The molecule has 0 saturated carbocycles. The Morgan fingerprint density at radius 3 is 2.31 bits per heavy atom. The second-order valence-electron chi connectivity index (χ2n) is 7.89. The Morgan fingerprint density at radius 2 is 1.59 bits per heavy atom. The summed E-state index contributed by atoms with van der Waals surface area (Å²) in [5, 5.41) is 6.89. The van der Waals surface area contributed by atoms with E-state index in [-0.39, 0.29) is 17.9 Å². The molecule has 0 radical (unpaired) electrons. The summed E-state index contributed by atoms with van der Waals surface area (Å²) in [6.45, 7) is 4.48. The van der Waals surface area contributed by atoms with Crippen LogP contribution in [0.15, 0.2) is 85.1 Å². The summed E-state index contributed by atoms with van der Waals surface area (Å²) in [4.78, 5) is 24.7. The second-order valence-corrected chi connectivity index (χ2v) is 7.89. The molecule has 0 saturated heterocycles. The van der Waals surface area contributed by atoms with Crippen LogP contribution in [0.2, 0.25) is 0 Å². The summed E-state index contributed by atoms with van der Waals surface area (Å²) in [6, 6.07) is 25.6. The standard InChI is InChI=1S/C27H27N3O2/c1-3-26(31)29-22-15-13-21(14-16-22)19(2)28-27(32)24-18-30(17-20-9-5-4-6-10-20)25-12-8-7-11-23(24)25/h4-16,18-19H,3,17H2,1-2H3,(H,28,32)(H,29,31). The number of benzene rings is 3. The van der Waals surface area contributed by atoms with Crippen molar-refractivity contribution in [3.8, 4) is 0 Å². The molecule has 3 aromatic carbocycles.